The molecule has 1 saturated heterocycles. The zero-order valence-corrected chi connectivity index (χ0v) is 13.1. The average molecular weight is 276 g/mol. The second-order valence-electron chi connectivity index (χ2n) is 5.90. The van der Waals surface area contributed by atoms with E-state index < -0.39 is 0 Å². The maximum Gasteiger partial charge on any atom is 0.150 e. The van der Waals surface area contributed by atoms with Crippen LogP contribution in [0.2, 0.25) is 0 Å². The largest absolute Gasteiger partial charge is 0.406 e. The third kappa shape index (κ3) is 4.41. The minimum absolute atomic E-state index is 0.522. The highest BCUT2D eigenvalue weighted by Crippen LogP contribution is 2.24. The Labute approximate surface area is 123 Å². The predicted octanol–water partition coefficient (Wildman–Crippen LogP) is 4.38. The van der Waals surface area contributed by atoms with Gasteiger partial charge in [0.05, 0.1) is 0 Å². The maximum atomic E-state index is 6.00. The van der Waals surface area contributed by atoms with Crippen molar-refractivity contribution in [3.63, 3.8) is 0 Å². The van der Waals surface area contributed by atoms with Crippen LogP contribution in [0.25, 0.3) is 0 Å². The van der Waals surface area contributed by atoms with E-state index in [-0.39, 0.29) is 0 Å². The number of hydroxylamine groups is 2. The lowest BCUT2D eigenvalue weighted by Crippen LogP contribution is -2.33. The Morgan fingerprint density at radius 1 is 1.25 bits per heavy atom. The first-order chi connectivity index (χ1) is 9.69. The van der Waals surface area contributed by atoms with E-state index in [9.17, 15) is 0 Å². The monoisotopic (exact) mass is 276 g/mol. The van der Waals surface area contributed by atoms with Gasteiger partial charge in [-0.2, -0.15) is 0 Å². The summed E-state index contributed by atoms with van der Waals surface area (Å²) in [6, 6.07) is 6.92. The number of nitrogens with zero attached hydrogens (tertiary/aromatic N) is 1. The number of hydrogen-bond acceptors (Lipinski definition) is 3. The van der Waals surface area contributed by atoms with Crippen LogP contribution in [0.4, 0.5) is 5.69 Å². The van der Waals surface area contributed by atoms with Crippen LogP contribution in [-0.2, 0) is 0 Å². The van der Waals surface area contributed by atoms with Gasteiger partial charge < -0.3 is 10.2 Å². The smallest absolute Gasteiger partial charge is 0.150 e. The molecule has 0 bridgehead atoms. The van der Waals surface area contributed by atoms with Gasteiger partial charge in [0.2, 0.25) is 0 Å². The lowest BCUT2D eigenvalue weighted by Gasteiger charge is -2.27. The molecule has 0 aliphatic carbocycles. The van der Waals surface area contributed by atoms with Crippen molar-refractivity contribution in [2.75, 3.05) is 18.4 Å². The van der Waals surface area contributed by atoms with Gasteiger partial charge in [0, 0.05) is 24.8 Å². The molecule has 2 rings (SSSR count). The molecule has 1 N–H and O–H groups in total. The molecule has 3 heteroatoms. The van der Waals surface area contributed by atoms with Gasteiger partial charge in [0.1, 0.15) is 0 Å². The van der Waals surface area contributed by atoms with E-state index in [2.05, 4.69) is 49.4 Å². The third-order valence-corrected chi connectivity index (χ3v) is 3.85. The summed E-state index contributed by atoms with van der Waals surface area (Å²) in [4.78, 5) is 6.00. The molecular weight excluding hydrogens is 248 g/mol. The van der Waals surface area contributed by atoms with Gasteiger partial charge >= 0.3 is 0 Å². The molecule has 1 aliphatic heterocycles. The Bertz CT molecular complexity index is 413. The van der Waals surface area contributed by atoms with Crippen molar-refractivity contribution in [2.45, 2.75) is 58.9 Å². The van der Waals surface area contributed by atoms with Gasteiger partial charge in [-0.3, -0.25) is 0 Å². The van der Waals surface area contributed by atoms with E-state index in [1.54, 1.807) is 0 Å². The summed E-state index contributed by atoms with van der Waals surface area (Å²) in [5.41, 5.74) is 2.39. The molecule has 0 saturated carbocycles. The summed E-state index contributed by atoms with van der Waals surface area (Å²) in [5, 5.41) is 5.64. The molecule has 0 amide bonds. The number of nitrogens with one attached hydrogen (secondary N) is 1. The minimum Gasteiger partial charge on any atom is -0.406 e. The predicted molar refractivity (Wildman–Crippen MR) is 85.2 cm³/mol. The van der Waals surface area contributed by atoms with Gasteiger partial charge in [0.15, 0.2) is 5.75 Å². The van der Waals surface area contributed by atoms with Crippen molar-refractivity contribution in [2.24, 2.45) is 0 Å². The van der Waals surface area contributed by atoms with Gasteiger partial charge in [0.25, 0.3) is 0 Å². The first-order valence-corrected chi connectivity index (χ1v) is 7.99. The third-order valence-electron chi connectivity index (χ3n) is 3.85. The molecule has 1 aromatic rings. The van der Waals surface area contributed by atoms with Crippen molar-refractivity contribution < 1.29 is 4.84 Å². The highest BCUT2D eigenvalue weighted by atomic mass is 16.7. The van der Waals surface area contributed by atoms with Gasteiger partial charge in [-0.25, -0.2) is 0 Å². The Kier molecular flexibility index (Phi) is 5.72. The number of benzene rings is 1. The van der Waals surface area contributed by atoms with Crippen LogP contribution in [-0.4, -0.2) is 24.2 Å². The summed E-state index contributed by atoms with van der Waals surface area (Å²) in [7, 11) is 0. The number of rotatable bonds is 6. The van der Waals surface area contributed by atoms with E-state index in [0.29, 0.717) is 6.04 Å². The molecule has 1 fully saturated rings. The summed E-state index contributed by atoms with van der Waals surface area (Å²) < 4.78 is 0. The van der Waals surface area contributed by atoms with Crippen LogP contribution in [0.5, 0.6) is 5.75 Å². The zero-order valence-electron chi connectivity index (χ0n) is 13.1. The van der Waals surface area contributed by atoms with Crippen molar-refractivity contribution >= 4 is 5.69 Å². The second kappa shape index (κ2) is 7.53. The molecule has 3 nitrogen and oxygen atoms in total. The van der Waals surface area contributed by atoms with Crippen LogP contribution in [0, 0.1) is 6.92 Å². The molecule has 1 atom stereocenters. The van der Waals surface area contributed by atoms with Crippen LogP contribution >= 0.6 is 0 Å². The maximum absolute atomic E-state index is 6.00. The zero-order chi connectivity index (χ0) is 14.4. The van der Waals surface area contributed by atoms with E-state index in [1.807, 2.05) is 0 Å². The summed E-state index contributed by atoms with van der Waals surface area (Å²) in [6.45, 7) is 8.67. The summed E-state index contributed by atoms with van der Waals surface area (Å²) in [5.74, 6) is 0.987. The Balaban J connectivity index is 1.94. The molecule has 1 heterocycles. The molecule has 20 heavy (non-hydrogen) atoms. The SMILES string of the molecule is CCCC(C)Nc1ccc(ON2CCCCC2)c(C)c1. The molecule has 0 aromatic heterocycles. The van der Waals surface area contributed by atoms with Crippen LogP contribution < -0.4 is 10.2 Å². The first kappa shape index (κ1) is 15.2. The normalized spacial score (nSPS) is 17.8. The first-order valence-electron chi connectivity index (χ1n) is 7.99. The Morgan fingerprint density at radius 3 is 2.65 bits per heavy atom. The fourth-order valence-corrected chi connectivity index (χ4v) is 2.73. The molecule has 0 radical (unpaired) electrons. The fourth-order valence-electron chi connectivity index (χ4n) is 2.73. The number of hydrogen-bond donors (Lipinski definition) is 1. The second-order valence-corrected chi connectivity index (χ2v) is 5.90. The lowest BCUT2D eigenvalue weighted by atomic mass is 10.1. The lowest BCUT2D eigenvalue weighted by molar-refractivity contribution is -0.0725. The molecule has 1 aliphatic rings. The molecular formula is C17H28N2O. The van der Waals surface area contributed by atoms with Crippen LogP contribution in [0.3, 0.4) is 0 Å². The van der Waals surface area contributed by atoms with Crippen molar-refractivity contribution in [3.8, 4) is 5.75 Å². The molecule has 1 aromatic carbocycles. The fraction of sp³-hybridized carbons (Fsp3) is 0.647. The number of aryl methyl sites for hydroxylation is 1. The van der Waals surface area contributed by atoms with Crippen LogP contribution in [0.15, 0.2) is 18.2 Å². The van der Waals surface area contributed by atoms with Crippen molar-refractivity contribution in [1.82, 2.24) is 5.06 Å². The highest BCUT2D eigenvalue weighted by molar-refractivity contribution is 5.51. The molecule has 112 valence electrons. The Morgan fingerprint density at radius 2 is 2.00 bits per heavy atom. The molecule has 1 unspecified atom stereocenters. The van der Waals surface area contributed by atoms with Crippen molar-refractivity contribution in [3.05, 3.63) is 23.8 Å². The van der Waals surface area contributed by atoms with Crippen molar-refractivity contribution in [1.29, 1.82) is 0 Å². The standard InChI is InChI=1S/C17H28N2O/c1-4-8-15(3)18-16-9-10-17(14(2)13-16)20-19-11-6-5-7-12-19/h9-10,13,15,18H,4-8,11-12H2,1-3H3. The van der Waals surface area contributed by atoms with E-state index in [0.717, 1.165) is 18.8 Å². The van der Waals surface area contributed by atoms with E-state index >= 15 is 0 Å². The van der Waals surface area contributed by atoms with Crippen LogP contribution in [0.1, 0.15) is 51.5 Å². The van der Waals surface area contributed by atoms with Gasteiger partial charge in [-0.1, -0.05) is 19.8 Å². The van der Waals surface area contributed by atoms with E-state index in [4.69, 9.17) is 4.84 Å². The quantitative estimate of drug-likeness (QED) is 0.834. The Hall–Kier alpha value is -1.22. The highest BCUT2D eigenvalue weighted by Gasteiger charge is 2.13. The topological polar surface area (TPSA) is 24.5 Å². The summed E-state index contributed by atoms with van der Waals surface area (Å²) >= 11 is 0. The van der Waals surface area contributed by atoms with Gasteiger partial charge in [-0.15, -0.1) is 5.06 Å². The minimum atomic E-state index is 0.522. The van der Waals surface area contributed by atoms with Gasteiger partial charge in [-0.05, 0) is 56.9 Å². The molecule has 0 spiro atoms. The summed E-state index contributed by atoms with van der Waals surface area (Å²) in [6.07, 6.45) is 6.23. The number of piperidine rings is 1. The average Bonchev–Trinajstić information content (AvgIpc) is 2.43. The number of anilines is 1. The van der Waals surface area contributed by atoms with E-state index in [1.165, 1.54) is 43.4 Å².